The minimum absolute atomic E-state index is 0.785. The van der Waals surface area contributed by atoms with Gasteiger partial charge in [0.2, 0.25) is 0 Å². The van der Waals surface area contributed by atoms with Crippen molar-refractivity contribution in [2.45, 2.75) is 32.6 Å². The molecule has 1 saturated heterocycles. The zero-order valence-electron chi connectivity index (χ0n) is 8.48. The van der Waals surface area contributed by atoms with Crippen molar-refractivity contribution in [2.75, 3.05) is 13.1 Å². The Morgan fingerprint density at radius 1 is 1.23 bits per heavy atom. The van der Waals surface area contributed by atoms with E-state index in [1.807, 2.05) is 0 Å². The molecule has 1 aliphatic heterocycles. The summed E-state index contributed by atoms with van der Waals surface area (Å²) < 4.78 is 0. The van der Waals surface area contributed by atoms with Gasteiger partial charge < -0.3 is 10.3 Å². The lowest BCUT2D eigenvalue weighted by Gasteiger charge is -2.23. The van der Waals surface area contributed by atoms with Crippen molar-refractivity contribution in [2.24, 2.45) is 0 Å². The summed E-state index contributed by atoms with van der Waals surface area (Å²) >= 11 is 0. The molecule has 2 rings (SSSR count). The number of aryl methyl sites for hydroxylation is 2. The molecule has 0 spiro atoms. The number of hydrogen-bond donors (Lipinski definition) is 2. The van der Waals surface area contributed by atoms with Crippen molar-refractivity contribution in [3.63, 3.8) is 0 Å². The van der Waals surface area contributed by atoms with Crippen LogP contribution < -0.4 is 5.32 Å². The average molecular weight is 178 g/mol. The highest BCUT2D eigenvalue weighted by atomic mass is 14.9. The van der Waals surface area contributed by atoms with Crippen molar-refractivity contribution >= 4 is 0 Å². The van der Waals surface area contributed by atoms with Gasteiger partial charge in [0.05, 0.1) is 0 Å². The molecule has 1 aromatic rings. The summed E-state index contributed by atoms with van der Waals surface area (Å²) in [5.41, 5.74) is 4.37. The van der Waals surface area contributed by atoms with Gasteiger partial charge in [-0.2, -0.15) is 0 Å². The normalized spacial score (nSPS) is 19.2. The zero-order valence-corrected chi connectivity index (χ0v) is 8.48. The third-order valence-electron chi connectivity index (χ3n) is 3.08. The molecular weight excluding hydrogens is 160 g/mol. The zero-order chi connectivity index (χ0) is 9.26. The first kappa shape index (κ1) is 8.82. The predicted molar refractivity (Wildman–Crippen MR) is 55.1 cm³/mol. The number of H-pyrrole nitrogens is 1. The van der Waals surface area contributed by atoms with E-state index in [9.17, 15) is 0 Å². The van der Waals surface area contributed by atoms with Crippen LogP contribution in [0.1, 0.15) is 35.6 Å². The van der Waals surface area contributed by atoms with E-state index in [1.165, 1.54) is 37.2 Å². The van der Waals surface area contributed by atoms with Gasteiger partial charge in [-0.15, -0.1) is 0 Å². The lowest BCUT2D eigenvalue weighted by atomic mass is 9.88. The number of hydrogen-bond acceptors (Lipinski definition) is 1. The summed E-state index contributed by atoms with van der Waals surface area (Å²) in [4.78, 5) is 3.31. The summed E-state index contributed by atoms with van der Waals surface area (Å²) in [7, 11) is 0. The number of aromatic amines is 1. The van der Waals surface area contributed by atoms with Gasteiger partial charge in [-0.1, -0.05) is 0 Å². The van der Waals surface area contributed by atoms with E-state index >= 15 is 0 Å². The van der Waals surface area contributed by atoms with Crippen molar-refractivity contribution in [3.8, 4) is 0 Å². The Kier molecular flexibility index (Phi) is 2.40. The fourth-order valence-electron chi connectivity index (χ4n) is 2.41. The molecule has 1 aliphatic rings. The fourth-order valence-corrected chi connectivity index (χ4v) is 2.41. The fraction of sp³-hybridized carbons (Fsp3) is 0.636. The molecule has 2 heterocycles. The second-order valence-electron chi connectivity index (χ2n) is 4.03. The van der Waals surface area contributed by atoms with Crippen molar-refractivity contribution in [1.29, 1.82) is 0 Å². The van der Waals surface area contributed by atoms with E-state index in [4.69, 9.17) is 0 Å². The van der Waals surface area contributed by atoms with Gasteiger partial charge in [-0.3, -0.25) is 0 Å². The minimum atomic E-state index is 0.785. The van der Waals surface area contributed by atoms with Crippen LogP contribution in [0.5, 0.6) is 0 Å². The molecule has 0 aliphatic carbocycles. The first-order chi connectivity index (χ1) is 6.29. The topological polar surface area (TPSA) is 27.8 Å². The molecule has 0 amide bonds. The lowest BCUT2D eigenvalue weighted by molar-refractivity contribution is 0.458. The quantitative estimate of drug-likeness (QED) is 0.677. The maximum absolute atomic E-state index is 3.41. The molecule has 0 bridgehead atoms. The second-order valence-corrected chi connectivity index (χ2v) is 4.03. The largest absolute Gasteiger partial charge is 0.365 e. The molecule has 2 nitrogen and oxygen atoms in total. The predicted octanol–water partition coefficient (Wildman–Crippen LogP) is 2.10. The summed E-state index contributed by atoms with van der Waals surface area (Å²) in [6.45, 7) is 6.74. The Bertz CT molecular complexity index is 263. The molecule has 0 unspecified atom stereocenters. The number of rotatable bonds is 1. The molecule has 0 aromatic carbocycles. The van der Waals surface area contributed by atoms with Crippen LogP contribution >= 0.6 is 0 Å². The minimum Gasteiger partial charge on any atom is -0.365 e. The van der Waals surface area contributed by atoms with Crippen LogP contribution in [-0.2, 0) is 0 Å². The number of aromatic nitrogens is 1. The molecule has 1 fully saturated rings. The van der Waals surface area contributed by atoms with Gasteiger partial charge >= 0.3 is 0 Å². The highest BCUT2D eigenvalue weighted by Crippen LogP contribution is 2.29. The lowest BCUT2D eigenvalue weighted by Crippen LogP contribution is -2.27. The van der Waals surface area contributed by atoms with Crippen LogP contribution in [0, 0.1) is 13.8 Å². The molecule has 2 N–H and O–H groups in total. The van der Waals surface area contributed by atoms with Crippen molar-refractivity contribution < 1.29 is 0 Å². The van der Waals surface area contributed by atoms with Gasteiger partial charge in [0.25, 0.3) is 0 Å². The smallest absolute Gasteiger partial charge is 0.0153 e. The third kappa shape index (κ3) is 1.63. The average Bonchev–Trinajstić information content (AvgIpc) is 2.48. The SMILES string of the molecule is Cc1c[nH]c(C)c1C1CCNCC1. The van der Waals surface area contributed by atoms with Gasteiger partial charge in [-0.25, -0.2) is 0 Å². The van der Waals surface area contributed by atoms with Gasteiger partial charge in [0.15, 0.2) is 0 Å². The highest BCUT2D eigenvalue weighted by Gasteiger charge is 2.19. The van der Waals surface area contributed by atoms with Crippen LogP contribution in [0.25, 0.3) is 0 Å². The summed E-state index contributed by atoms with van der Waals surface area (Å²) in [6, 6.07) is 0. The van der Waals surface area contributed by atoms with E-state index in [2.05, 4.69) is 30.3 Å². The van der Waals surface area contributed by atoms with E-state index in [0.717, 1.165) is 5.92 Å². The summed E-state index contributed by atoms with van der Waals surface area (Å²) in [5, 5.41) is 3.41. The van der Waals surface area contributed by atoms with Crippen LogP contribution in [-0.4, -0.2) is 18.1 Å². The molecule has 1 aromatic heterocycles. The maximum atomic E-state index is 3.41. The Morgan fingerprint density at radius 3 is 2.46 bits per heavy atom. The molecular formula is C11H18N2. The molecule has 13 heavy (non-hydrogen) atoms. The highest BCUT2D eigenvalue weighted by molar-refractivity contribution is 5.32. The Morgan fingerprint density at radius 2 is 1.92 bits per heavy atom. The van der Waals surface area contributed by atoms with E-state index in [1.54, 1.807) is 5.56 Å². The Hall–Kier alpha value is -0.760. The third-order valence-corrected chi connectivity index (χ3v) is 3.08. The standard InChI is InChI=1S/C11H18N2/c1-8-7-13-9(2)11(8)10-3-5-12-6-4-10/h7,10,12-13H,3-6H2,1-2H3. The van der Waals surface area contributed by atoms with Crippen molar-refractivity contribution in [1.82, 2.24) is 10.3 Å². The first-order valence-electron chi connectivity index (χ1n) is 5.14. The van der Waals surface area contributed by atoms with Gasteiger partial charge in [-0.05, 0) is 56.8 Å². The molecule has 0 atom stereocenters. The van der Waals surface area contributed by atoms with Crippen LogP contribution in [0.4, 0.5) is 0 Å². The Labute approximate surface area is 79.7 Å². The molecule has 0 radical (unpaired) electrons. The molecule has 2 heteroatoms. The first-order valence-corrected chi connectivity index (χ1v) is 5.14. The Balaban J connectivity index is 2.22. The van der Waals surface area contributed by atoms with E-state index in [0.29, 0.717) is 0 Å². The van der Waals surface area contributed by atoms with Gasteiger partial charge in [0, 0.05) is 11.9 Å². The van der Waals surface area contributed by atoms with Gasteiger partial charge in [0.1, 0.15) is 0 Å². The molecule has 0 saturated carbocycles. The summed E-state index contributed by atoms with van der Waals surface area (Å²) in [5.74, 6) is 0.785. The van der Waals surface area contributed by atoms with Crippen LogP contribution in [0.2, 0.25) is 0 Å². The van der Waals surface area contributed by atoms with Crippen molar-refractivity contribution in [3.05, 3.63) is 23.0 Å². The summed E-state index contributed by atoms with van der Waals surface area (Å²) in [6.07, 6.45) is 4.71. The van der Waals surface area contributed by atoms with Crippen LogP contribution in [0.3, 0.4) is 0 Å². The molecule has 72 valence electrons. The van der Waals surface area contributed by atoms with E-state index < -0.39 is 0 Å². The maximum Gasteiger partial charge on any atom is 0.0153 e. The van der Waals surface area contributed by atoms with Crippen LogP contribution in [0.15, 0.2) is 6.20 Å². The second kappa shape index (κ2) is 3.54. The van der Waals surface area contributed by atoms with E-state index in [-0.39, 0.29) is 0 Å². The monoisotopic (exact) mass is 178 g/mol. The number of nitrogens with one attached hydrogen (secondary N) is 2. The number of piperidine rings is 1.